The van der Waals surface area contributed by atoms with Gasteiger partial charge in [-0.2, -0.15) is 0 Å². The lowest BCUT2D eigenvalue weighted by Crippen LogP contribution is -2.41. The molecule has 2 heterocycles. The number of hydrogen-bond acceptors (Lipinski definition) is 5. The van der Waals surface area contributed by atoms with E-state index in [4.69, 9.17) is 14.0 Å². The van der Waals surface area contributed by atoms with Gasteiger partial charge in [0.1, 0.15) is 5.76 Å². The van der Waals surface area contributed by atoms with Crippen LogP contribution in [0.2, 0.25) is 0 Å². The Hall–Kier alpha value is -1.60. The lowest BCUT2D eigenvalue weighted by atomic mass is 9.93. The predicted molar refractivity (Wildman–Crippen MR) is 77.2 cm³/mol. The van der Waals surface area contributed by atoms with Gasteiger partial charge in [0, 0.05) is 18.5 Å². The molecule has 0 saturated carbocycles. The molecule has 7 nitrogen and oxygen atoms in total. The van der Waals surface area contributed by atoms with Crippen molar-refractivity contribution in [1.29, 1.82) is 0 Å². The first-order valence-electron chi connectivity index (χ1n) is 7.09. The third-order valence-electron chi connectivity index (χ3n) is 3.15. The number of likely N-dealkylation sites (N-methyl/N-ethyl adjacent to an activating group) is 1. The molecule has 1 N–H and O–H groups in total. The second kappa shape index (κ2) is 6.44. The molecule has 1 aliphatic rings. The van der Waals surface area contributed by atoms with Crippen LogP contribution in [0.15, 0.2) is 10.6 Å². The molecule has 2 amide bonds. The lowest BCUT2D eigenvalue weighted by Gasteiger charge is -2.27. The summed E-state index contributed by atoms with van der Waals surface area (Å²) >= 11 is 0. The molecule has 2 rings (SSSR count). The van der Waals surface area contributed by atoms with E-state index in [1.165, 1.54) is 4.90 Å². The Balaban J connectivity index is 1.86. The topological polar surface area (TPSA) is 76.8 Å². The van der Waals surface area contributed by atoms with Crippen LogP contribution in [0, 0.1) is 0 Å². The average Bonchev–Trinajstić information content (AvgIpc) is 2.88. The number of urea groups is 1. The first-order chi connectivity index (χ1) is 9.86. The second-order valence-electron chi connectivity index (χ2n) is 6.16. The molecule has 0 aliphatic carbocycles. The average molecular weight is 297 g/mol. The molecule has 1 aromatic heterocycles. The molecule has 1 aliphatic heterocycles. The Kier molecular flexibility index (Phi) is 4.84. The molecule has 0 unspecified atom stereocenters. The van der Waals surface area contributed by atoms with Crippen molar-refractivity contribution in [3.63, 3.8) is 0 Å². The molecule has 118 valence electrons. The molecular formula is C14H23N3O4. The first kappa shape index (κ1) is 15.8. The van der Waals surface area contributed by atoms with Gasteiger partial charge in [-0.15, -0.1) is 0 Å². The molecule has 0 bridgehead atoms. The van der Waals surface area contributed by atoms with E-state index in [0.717, 1.165) is 12.2 Å². The molecule has 0 spiro atoms. The monoisotopic (exact) mass is 297 g/mol. The number of carbonyl (C=O) groups excluding carboxylic acids is 1. The molecule has 21 heavy (non-hydrogen) atoms. The number of anilines is 1. The SMILES string of the molecule is CN(CC1OCCCO1)C(=O)Nc1cc(C(C)(C)C)on1. The highest BCUT2D eigenvalue weighted by Gasteiger charge is 2.22. The summed E-state index contributed by atoms with van der Waals surface area (Å²) in [5, 5.41) is 6.55. The number of ether oxygens (including phenoxy) is 2. The van der Waals surface area contributed by atoms with Crippen LogP contribution in [0.1, 0.15) is 33.0 Å². The number of nitrogens with zero attached hydrogens (tertiary/aromatic N) is 2. The number of amides is 2. The second-order valence-corrected chi connectivity index (χ2v) is 6.16. The van der Waals surface area contributed by atoms with E-state index in [1.54, 1.807) is 13.1 Å². The third kappa shape index (κ3) is 4.44. The maximum absolute atomic E-state index is 12.1. The fourth-order valence-electron chi connectivity index (χ4n) is 1.84. The van der Waals surface area contributed by atoms with E-state index in [1.807, 2.05) is 20.8 Å². The molecular weight excluding hydrogens is 274 g/mol. The zero-order chi connectivity index (χ0) is 15.5. The lowest BCUT2D eigenvalue weighted by molar-refractivity contribution is -0.181. The van der Waals surface area contributed by atoms with Gasteiger partial charge in [0.05, 0.1) is 19.8 Å². The first-order valence-corrected chi connectivity index (χ1v) is 7.09. The van der Waals surface area contributed by atoms with Crippen molar-refractivity contribution in [2.24, 2.45) is 0 Å². The Bertz CT molecular complexity index is 475. The fraction of sp³-hybridized carbons (Fsp3) is 0.714. The van der Waals surface area contributed by atoms with Gasteiger partial charge in [0.2, 0.25) is 0 Å². The number of hydrogen-bond donors (Lipinski definition) is 1. The number of nitrogens with one attached hydrogen (secondary N) is 1. The summed E-state index contributed by atoms with van der Waals surface area (Å²) in [6.45, 7) is 7.75. The molecule has 1 fully saturated rings. The number of rotatable bonds is 3. The van der Waals surface area contributed by atoms with Gasteiger partial charge in [-0.3, -0.25) is 5.32 Å². The van der Waals surface area contributed by atoms with Gasteiger partial charge in [-0.25, -0.2) is 4.79 Å². The van der Waals surface area contributed by atoms with Crippen LogP contribution in [-0.2, 0) is 14.9 Å². The van der Waals surface area contributed by atoms with Crippen molar-refractivity contribution in [3.05, 3.63) is 11.8 Å². The summed E-state index contributed by atoms with van der Waals surface area (Å²) < 4.78 is 16.1. The van der Waals surface area contributed by atoms with Gasteiger partial charge >= 0.3 is 6.03 Å². The minimum atomic E-state index is -0.364. The van der Waals surface area contributed by atoms with Crippen LogP contribution in [-0.4, -0.2) is 49.2 Å². The van der Waals surface area contributed by atoms with Crippen molar-refractivity contribution in [1.82, 2.24) is 10.1 Å². The van der Waals surface area contributed by atoms with Crippen molar-refractivity contribution >= 4 is 11.8 Å². The minimum Gasteiger partial charge on any atom is -0.359 e. The molecule has 0 aromatic carbocycles. The van der Waals surface area contributed by atoms with Gasteiger partial charge in [0.25, 0.3) is 0 Å². The molecule has 1 aromatic rings. The summed E-state index contributed by atoms with van der Waals surface area (Å²) in [5.74, 6) is 1.13. The summed E-state index contributed by atoms with van der Waals surface area (Å²) in [7, 11) is 1.68. The smallest absolute Gasteiger partial charge is 0.323 e. The van der Waals surface area contributed by atoms with Gasteiger partial charge in [-0.05, 0) is 6.42 Å². The minimum absolute atomic E-state index is 0.147. The zero-order valence-electron chi connectivity index (χ0n) is 13.0. The van der Waals surface area contributed by atoms with Gasteiger partial charge in [0.15, 0.2) is 12.1 Å². The van der Waals surface area contributed by atoms with Gasteiger partial charge < -0.3 is 18.9 Å². The Labute approximate surface area is 124 Å². The van der Waals surface area contributed by atoms with Crippen LogP contribution in [0.25, 0.3) is 0 Å². The van der Waals surface area contributed by atoms with Gasteiger partial charge in [-0.1, -0.05) is 25.9 Å². The van der Waals surface area contributed by atoms with E-state index in [-0.39, 0.29) is 17.7 Å². The predicted octanol–water partition coefficient (Wildman–Crippen LogP) is 2.20. The van der Waals surface area contributed by atoms with E-state index in [0.29, 0.717) is 25.6 Å². The molecule has 0 atom stereocenters. The van der Waals surface area contributed by atoms with E-state index in [2.05, 4.69) is 10.5 Å². The molecule has 1 saturated heterocycles. The summed E-state index contributed by atoms with van der Waals surface area (Å²) in [4.78, 5) is 13.6. The Morgan fingerprint density at radius 1 is 1.43 bits per heavy atom. The fourth-order valence-corrected chi connectivity index (χ4v) is 1.84. The van der Waals surface area contributed by atoms with E-state index >= 15 is 0 Å². The van der Waals surface area contributed by atoms with Crippen molar-refractivity contribution in [2.45, 2.75) is 38.9 Å². The van der Waals surface area contributed by atoms with E-state index in [9.17, 15) is 4.79 Å². The highest BCUT2D eigenvalue weighted by molar-refractivity contribution is 5.88. The quantitative estimate of drug-likeness (QED) is 0.925. The van der Waals surface area contributed by atoms with Crippen molar-refractivity contribution < 1.29 is 18.8 Å². The molecule has 0 radical (unpaired) electrons. The van der Waals surface area contributed by atoms with Crippen molar-refractivity contribution in [3.8, 4) is 0 Å². The highest BCUT2D eigenvalue weighted by Crippen LogP contribution is 2.24. The van der Waals surface area contributed by atoms with Crippen LogP contribution in [0.4, 0.5) is 10.6 Å². The van der Waals surface area contributed by atoms with Crippen molar-refractivity contribution in [2.75, 3.05) is 32.1 Å². The number of carbonyl (C=O) groups is 1. The highest BCUT2D eigenvalue weighted by atomic mass is 16.7. The van der Waals surface area contributed by atoms with Crippen LogP contribution >= 0.6 is 0 Å². The summed E-state index contributed by atoms with van der Waals surface area (Å²) in [6.07, 6.45) is 0.526. The maximum Gasteiger partial charge on any atom is 0.323 e. The summed E-state index contributed by atoms with van der Waals surface area (Å²) in [5.41, 5.74) is -0.147. The van der Waals surface area contributed by atoms with Crippen LogP contribution in [0.5, 0.6) is 0 Å². The Morgan fingerprint density at radius 3 is 2.67 bits per heavy atom. The van der Waals surface area contributed by atoms with Crippen LogP contribution < -0.4 is 5.32 Å². The molecule has 7 heteroatoms. The third-order valence-corrected chi connectivity index (χ3v) is 3.15. The maximum atomic E-state index is 12.1. The Morgan fingerprint density at radius 2 is 2.10 bits per heavy atom. The zero-order valence-corrected chi connectivity index (χ0v) is 13.0. The standard InChI is InChI=1S/C14H23N3O4/c1-14(2,3)10-8-11(16-21-10)15-13(18)17(4)9-12-19-6-5-7-20-12/h8,12H,5-7,9H2,1-4H3,(H,15,16,18). The van der Waals surface area contributed by atoms with Crippen LogP contribution in [0.3, 0.4) is 0 Å². The normalized spacial score (nSPS) is 16.8. The largest absolute Gasteiger partial charge is 0.359 e. The number of aromatic nitrogens is 1. The summed E-state index contributed by atoms with van der Waals surface area (Å²) in [6, 6.07) is 1.46. The van der Waals surface area contributed by atoms with E-state index < -0.39 is 0 Å².